The van der Waals surface area contributed by atoms with E-state index >= 15 is 0 Å². The molecule has 0 atom stereocenters. The van der Waals surface area contributed by atoms with Crippen LogP contribution in [0.4, 0.5) is 10.1 Å². The third-order valence-electron chi connectivity index (χ3n) is 4.39. The van der Waals surface area contributed by atoms with Crippen molar-refractivity contribution in [2.45, 2.75) is 19.4 Å². The topological polar surface area (TPSA) is 87.7 Å². The van der Waals surface area contributed by atoms with Crippen molar-refractivity contribution in [2.24, 2.45) is 5.92 Å². The smallest absolute Gasteiger partial charge is 0.322 e. The predicted molar refractivity (Wildman–Crippen MR) is 108 cm³/mol. The summed E-state index contributed by atoms with van der Waals surface area (Å²) in [5, 5.41) is 14.1. The number of amides is 1. The first kappa shape index (κ1) is 21.2. The molecule has 0 radical (unpaired) electrons. The largest absolute Gasteiger partial charge is 0.486 e. The predicted octanol–water partition coefficient (Wildman–Crippen LogP) is 4.35. The number of halogens is 3. The van der Waals surface area contributed by atoms with E-state index in [4.69, 9.17) is 33.0 Å². The van der Waals surface area contributed by atoms with Crippen molar-refractivity contribution in [3.8, 4) is 5.75 Å². The molecule has 2 aromatic carbocycles. The van der Waals surface area contributed by atoms with Gasteiger partial charge in [0.1, 0.15) is 13.2 Å². The van der Waals surface area contributed by atoms with Crippen LogP contribution < -0.4 is 15.4 Å². The van der Waals surface area contributed by atoms with Crippen LogP contribution in [0.2, 0.25) is 10.0 Å². The monoisotopic (exact) mass is 440 g/mol. The molecule has 0 heterocycles. The Labute approximate surface area is 177 Å². The van der Waals surface area contributed by atoms with Gasteiger partial charge in [0.15, 0.2) is 11.6 Å². The van der Waals surface area contributed by atoms with Gasteiger partial charge < -0.3 is 20.5 Å². The summed E-state index contributed by atoms with van der Waals surface area (Å²) in [6, 6.07) is 7.63. The maximum Gasteiger partial charge on any atom is 0.322 e. The third kappa shape index (κ3) is 5.74. The zero-order valence-corrected chi connectivity index (χ0v) is 16.8. The van der Waals surface area contributed by atoms with Crippen LogP contribution in [0.3, 0.4) is 0 Å². The summed E-state index contributed by atoms with van der Waals surface area (Å²) in [7, 11) is 0. The maximum absolute atomic E-state index is 14.7. The summed E-state index contributed by atoms with van der Waals surface area (Å²) in [5.74, 6) is -1.49. The molecule has 0 unspecified atom stereocenters. The first-order valence-electron chi connectivity index (χ1n) is 8.98. The molecule has 6 nitrogen and oxygen atoms in total. The highest BCUT2D eigenvalue weighted by atomic mass is 35.5. The van der Waals surface area contributed by atoms with E-state index in [1.165, 1.54) is 25.0 Å². The van der Waals surface area contributed by atoms with Gasteiger partial charge in [-0.25, -0.2) is 4.39 Å². The number of aliphatic carboxylic acids is 1. The van der Waals surface area contributed by atoms with Gasteiger partial charge in [-0.2, -0.15) is 0 Å². The van der Waals surface area contributed by atoms with Gasteiger partial charge >= 0.3 is 5.97 Å². The molecule has 3 rings (SSSR count). The lowest BCUT2D eigenvalue weighted by Crippen LogP contribution is -2.29. The average molecular weight is 441 g/mol. The molecule has 0 saturated heterocycles. The number of carbonyl (C=O) groups is 2. The van der Waals surface area contributed by atoms with E-state index in [9.17, 15) is 14.0 Å². The van der Waals surface area contributed by atoms with E-state index in [0.717, 1.165) is 6.54 Å². The minimum Gasteiger partial charge on any atom is -0.486 e. The van der Waals surface area contributed by atoms with Crippen molar-refractivity contribution in [3.05, 3.63) is 57.3 Å². The fourth-order valence-corrected chi connectivity index (χ4v) is 3.24. The minimum atomic E-state index is -1.17. The van der Waals surface area contributed by atoms with E-state index < -0.39 is 24.2 Å². The Hall–Kier alpha value is -2.51. The van der Waals surface area contributed by atoms with Gasteiger partial charge in [-0.05, 0) is 37.0 Å². The van der Waals surface area contributed by atoms with Gasteiger partial charge in [0, 0.05) is 17.7 Å². The first-order chi connectivity index (χ1) is 13.8. The molecule has 1 fully saturated rings. The van der Waals surface area contributed by atoms with Crippen molar-refractivity contribution in [1.29, 1.82) is 0 Å². The van der Waals surface area contributed by atoms with E-state index in [1.54, 1.807) is 18.2 Å². The molecule has 0 aromatic heterocycles. The van der Waals surface area contributed by atoms with Crippen molar-refractivity contribution in [1.82, 2.24) is 5.32 Å². The van der Waals surface area contributed by atoms with Crippen LogP contribution in [-0.4, -0.2) is 30.1 Å². The molecule has 0 spiro atoms. The van der Waals surface area contributed by atoms with Gasteiger partial charge in [0.2, 0.25) is 0 Å². The Bertz CT molecular complexity index is 912. The standard InChI is InChI=1S/C20H19Cl2FN2O4/c21-14-6-13(20(28)25-9-17(26)27)7-15(22)19(14)29-10-12-2-1-3-16(18(12)23)24-8-11-4-5-11/h1-3,6-7,11,24H,4-5,8-10H2,(H,25,28)(H,26,27). The van der Waals surface area contributed by atoms with Crippen LogP contribution in [0, 0.1) is 11.7 Å². The number of carboxylic acids is 1. The molecule has 29 heavy (non-hydrogen) atoms. The number of anilines is 1. The molecule has 1 aliphatic carbocycles. The fraction of sp³-hybridized carbons (Fsp3) is 0.300. The summed E-state index contributed by atoms with van der Waals surface area (Å²) in [6.45, 7) is 0.107. The SMILES string of the molecule is O=C(O)CNC(=O)c1cc(Cl)c(OCc2cccc(NCC3CC3)c2F)c(Cl)c1. The summed E-state index contributed by atoms with van der Waals surface area (Å²) < 4.78 is 20.3. The minimum absolute atomic E-state index is 0.0568. The third-order valence-corrected chi connectivity index (χ3v) is 4.95. The Kier molecular flexibility index (Phi) is 6.82. The van der Waals surface area contributed by atoms with Gasteiger partial charge in [-0.3, -0.25) is 9.59 Å². The lowest BCUT2D eigenvalue weighted by Gasteiger charge is -2.14. The average Bonchev–Trinajstić information content (AvgIpc) is 3.50. The molecule has 0 bridgehead atoms. The van der Waals surface area contributed by atoms with E-state index in [-0.39, 0.29) is 28.0 Å². The fourth-order valence-electron chi connectivity index (χ4n) is 2.64. The molecular weight excluding hydrogens is 422 g/mol. The highest BCUT2D eigenvalue weighted by Gasteiger charge is 2.21. The second-order valence-electron chi connectivity index (χ2n) is 6.74. The molecule has 1 amide bonds. The van der Waals surface area contributed by atoms with E-state index in [2.05, 4.69) is 10.6 Å². The molecule has 3 N–H and O–H groups in total. The summed E-state index contributed by atoms with van der Waals surface area (Å²) in [4.78, 5) is 22.5. The van der Waals surface area contributed by atoms with Crippen LogP contribution in [0.15, 0.2) is 30.3 Å². The highest BCUT2D eigenvalue weighted by molar-refractivity contribution is 6.37. The first-order valence-corrected chi connectivity index (χ1v) is 9.74. The highest BCUT2D eigenvalue weighted by Crippen LogP contribution is 2.35. The molecule has 1 saturated carbocycles. The van der Waals surface area contributed by atoms with Crippen LogP contribution in [-0.2, 0) is 11.4 Å². The van der Waals surface area contributed by atoms with Gasteiger partial charge in [-0.1, -0.05) is 35.3 Å². The molecule has 0 aliphatic heterocycles. The number of carbonyl (C=O) groups excluding carboxylic acids is 1. The molecule has 9 heteroatoms. The Morgan fingerprint density at radius 2 is 1.90 bits per heavy atom. The zero-order chi connectivity index (χ0) is 21.0. The van der Waals surface area contributed by atoms with Crippen molar-refractivity contribution in [2.75, 3.05) is 18.4 Å². The van der Waals surface area contributed by atoms with Crippen molar-refractivity contribution < 1.29 is 23.8 Å². The van der Waals surface area contributed by atoms with E-state index in [0.29, 0.717) is 17.2 Å². The molecule has 1 aliphatic rings. The lowest BCUT2D eigenvalue weighted by atomic mass is 10.2. The van der Waals surface area contributed by atoms with Gasteiger partial charge in [0.05, 0.1) is 15.7 Å². The van der Waals surface area contributed by atoms with Crippen molar-refractivity contribution in [3.63, 3.8) is 0 Å². The number of hydrogen-bond donors (Lipinski definition) is 3. The normalized spacial score (nSPS) is 13.1. The van der Waals surface area contributed by atoms with Crippen molar-refractivity contribution >= 4 is 40.8 Å². The Morgan fingerprint density at radius 1 is 1.21 bits per heavy atom. The van der Waals surface area contributed by atoms with E-state index in [1.807, 2.05) is 0 Å². The maximum atomic E-state index is 14.7. The number of benzene rings is 2. The summed E-state index contributed by atoms with van der Waals surface area (Å²) in [5.41, 5.74) is 0.841. The van der Waals surface area contributed by atoms with Crippen LogP contribution in [0.5, 0.6) is 5.75 Å². The number of hydrogen-bond acceptors (Lipinski definition) is 4. The Morgan fingerprint density at radius 3 is 2.52 bits per heavy atom. The summed E-state index contributed by atoms with van der Waals surface area (Å²) >= 11 is 12.3. The van der Waals surface area contributed by atoms with Crippen LogP contribution >= 0.6 is 23.2 Å². The van der Waals surface area contributed by atoms with Gasteiger partial charge in [0.25, 0.3) is 5.91 Å². The Balaban J connectivity index is 1.68. The quantitative estimate of drug-likeness (QED) is 0.539. The number of nitrogens with one attached hydrogen (secondary N) is 2. The molecule has 154 valence electrons. The van der Waals surface area contributed by atoms with Crippen LogP contribution in [0.25, 0.3) is 0 Å². The van der Waals surface area contributed by atoms with Gasteiger partial charge in [-0.15, -0.1) is 0 Å². The second-order valence-corrected chi connectivity index (χ2v) is 7.55. The lowest BCUT2D eigenvalue weighted by molar-refractivity contribution is -0.135. The number of ether oxygens (including phenoxy) is 1. The number of carboxylic acid groups (broad SMARTS) is 1. The summed E-state index contributed by atoms with van der Waals surface area (Å²) in [6.07, 6.45) is 2.33. The van der Waals surface area contributed by atoms with Crippen LogP contribution in [0.1, 0.15) is 28.8 Å². The zero-order valence-electron chi connectivity index (χ0n) is 15.3. The molecular formula is C20H19Cl2FN2O4. The second kappa shape index (κ2) is 9.33. The molecule has 2 aromatic rings. The number of rotatable bonds is 9.